The van der Waals surface area contributed by atoms with E-state index in [2.05, 4.69) is 28.9 Å². The Hall–Kier alpha value is -0.940. The topological polar surface area (TPSA) is 68.2 Å². The van der Waals surface area contributed by atoms with Crippen LogP contribution in [0.3, 0.4) is 0 Å². The molecule has 15 heavy (non-hydrogen) atoms. The zero-order valence-corrected chi connectivity index (χ0v) is 9.31. The monoisotopic (exact) mass is 210 g/mol. The van der Waals surface area contributed by atoms with Crippen molar-refractivity contribution in [2.24, 2.45) is 5.73 Å². The minimum Gasteiger partial charge on any atom is -0.339 e. The number of nitrogens with two attached hydrogens (primary N) is 1. The Morgan fingerprint density at radius 2 is 2.40 bits per heavy atom. The first-order valence-electron chi connectivity index (χ1n) is 5.47. The van der Waals surface area contributed by atoms with Crippen LogP contribution in [0.5, 0.6) is 0 Å². The summed E-state index contributed by atoms with van der Waals surface area (Å²) < 4.78 is 5.20. The van der Waals surface area contributed by atoms with Crippen LogP contribution in [-0.2, 0) is 6.54 Å². The second-order valence-corrected chi connectivity index (χ2v) is 4.33. The number of aromatic nitrogens is 2. The van der Waals surface area contributed by atoms with Crippen LogP contribution < -0.4 is 5.73 Å². The Kier molecular flexibility index (Phi) is 3.02. The summed E-state index contributed by atoms with van der Waals surface area (Å²) in [6, 6.07) is 0.590. The Balaban J connectivity index is 2.01. The van der Waals surface area contributed by atoms with Gasteiger partial charge in [0.05, 0.1) is 12.5 Å². The van der Waals surface area contributed by atoms with Crippen LogP contribution in [0.15, 0.2) is 4.52 Å². The highest BCUT2D eigenvalue weighted by molar-refractivity contribution is 4.99. The van der Waals surface area contributed by atoms with E-state index in [1.165, 1.54) is 0 Å². The van der Waals surface area contributed by atoms with E-state index in [1.807, 2.05) is 0 Å². The lowest BCUT2D eigenvalue weighted by atomic mass is 10.1. The van der Waals surface area contributed by atoms with Gasteiger partial charge in [0.2, 0.25) is 5.89 Å². The lowest BCUT2D eigenvalue weighted by molar-refractivity contribution is 0.265. The molecule has 1 fully saturated rings. The van der Waals surface area contributed by atoms with Gasteiger partial charge in [-0.05, 0) is 26.8 Å². The summed E-state index contributed by atoms with van der Waals surface area (Å²) in [5.41, 5.74) is 5.44. The SMILES string of the molecule is CC(C)N1CCC(c2nc(CN)no2)C1. The first-order chi connectivity index (χ1) is 7.20. The minimum absolute atomic E-state index is 0.351. The lowest BCUT2D eigenvalue weighted by Gasteiger charge is -2.19. The highest BCUT2D eigenvalue weighted by Crippen LogP contribution is 2.26. The zero-order chi connectivity index (χ0) is 10.8. The highest BCUT2D eigenvalue weighted by atomic mass is 16.5. The summed E-state index contributed by atoms with van der Waals surface area (Å²) in [6.45, 7) is 6.90. The molecule has 0 aliphatic carbocycles. The third-order valence-corrected chi connectivity index (χ3v) is 2.97. The molecule has 1 aromatic rings. The molecule has 1 atom stereocenters. The summed E-state index contributed by atoms with van der Waals surface area (Å²) >= 11 is 0. The molecule has 0 saturated carbocycles. The average Bonchev–Trinajstić information content (AvgIpc) is 2.86. The van der Waals surface area contributed by atoms with E-state index in [0.29, 0.717) is 24.3 Å². The summed E-state index contributed by atoms with van der Waals surface area (Å²) in [5.74, 6) is 1.74. The summed E-state index contributed by atoms with van der Waals surface area (Å²) in [5, 5.41) is 3.82. The van der Waals surface area contributed by atoms with Crippen molar-refractivity contribution >= 4 is 0 Å². The van der Waals surface area contributed by atoms with E-state index in [-0.39, 0.29) is 0 Å². The normalized spacial score (nSPS) is 22.8. The van der Waals surface area contributed by atoms with Crippen LogP contribution in [0.25, 0.3) is 0 Å². The smallest absolute Gasteiger partial charge is 0.231 e. The van der Waals surface area contributed by atoms with Gasteiger partial charge in [-0.3, -0.25) is 0 Å². The van der Waals surface area contributed by atoms with Gasteiger partial charge in [-0.2, -0.15) is 4.98 Å². The fraction of sp³-hybridized carbons (Fsp3) is 0.800. The van der Waals surface area contributed by atoms with Gasteiger partial charge in [0.25, 0.3) is 0 Å². The molecule has 84 valence electrons. The number of hydrogen-bond acceptors (Lipinski definition) is 5. The van der Waals surface area contributed by atoms with Gasteiger partial charge in [0.1, 0.15) is 0 Å². The Morgan fingerprint density at radius 1 is 1.60 bits per heavy atom. The van der Waals surface area contributed by atoms with Gasteiger partial charge in [0.15, 0.2) is 5.82 Å². The minimum atomic E-state index is 0.351. The van der Waals surface area contributed by atoms with Crippen molar-refractivity contribution in [2.45, 2.75) is 38.8 Å². The molecule has 0 radical (unpaired) electrons. The van der Waals surface area contributed by atoms with Crippen LogP contribution >= 0.6 is 0 Å². The second-order valence-electron chi connectivity index (χ2n) is 4.33. The number of likely N-dealkylation sites (tertiary alicyclic amines) is 1. The van der Waals surface area contributed by atoms with E-state index in [9.17, 15) is 0 Å². The quantitative estimate of drug-likeness (QED) is 0.796. The molecule has 5 heteroatoms. The molecule has 0 bridgehead atoms. The molecule has 0 spiro atoms. The molecule has 2 rings (SSSR count). The van der Waals surface area contributed by atoms with Crippen molar-refractivity contribution in [2.75, 3.05) is 13.1 Å². The number of nitrogens with zero attached hydrogens (tertiary/aromatic N) is 3. The number of hydrogen-bond donors (Lipinski definition) is 1. The summed E-state index contributed by atoms with van der Waals surface area (Å²) in [7, 11) is 0. The second kappa shape index (κ2) is 4.28. The first-order valence-corrected chi connectivity index (χ1v) is 5.47. The molecular formula is C10H18N4O. The van der Waals surface area contributed by atoms with Gasteiger partial charge in [-0.25, -0.2) is 0 Å². The molecule has 1 aromatic heterocycles. The van der Waals surface area contributed by atoms with E-state index in [4.69, 9.17) is 10.3 Å². The van der Waals surface area contributed by atoms with E-state index in [0.717, 1.165) is 25.4 Å². The molecule has 2 heterocycles. The third kappa shape index (κ3) is 2.18. The van der Waals surface area contributed by atoms with Gasteiger partial charge >= 0.3 is 0 Å². The van der Waals surface area contributed by atoms with E-state index >= 15 is 0 Å². The van der Waals surface area contributed by atoms with E-state index < -0.39 is 0 Å². The first kappa shape index (κ1) is 10.6. The van der Waals surface area contributed by atoms with Crippen molar-refractivity contribution in [1.29, 1.82) is 0 Å². The van der Waals surface area contributed by atoms with Crippen LogP contribution in [0.2, 0.25) is 0 Å². The van der Waals surface area contributed by atoms with Crippen LogP contribution in [0.1, 0.15) is 37.9 Å². The summed E-state index contributed by atoms with van der Waals surface area (Å²) in [4.78, 5) is 6.70. The zero-order valence-electron chi connectivity index (χ0n) is 9.31. The maximum atomic E-state index is 5.44. The number of rotatable bonds is 3. The van der Waals surface area contributed by atoms with Gasteiger partial charge in [-0.15, -0.1) is 0 Å². The molecule has 2 N–H and O–H groups in total. The average molecular weight is 210 g/mol. The predicted octanol–water partition coefficient (Wildman–Crippen LogP) is 0.726. The highest BCUT2D eigenvalue weighted by Gasteiger charge is 2.29. The molecule has 1 aliphatic rings. The van der Waals surface area contributed by atoms with Crippen molar-refractivity contribution in [1.82, 2.24) is 15.0 Å². The predicted molar refractivity (Wildman–Crippen MR) is 56.3 cm³/mol. The van der Waals surface area contributed by atoms with Crippen molar-refractivity contribution in [3.63, 3.8) is 0 Å². The van der Waals surface area contributed by atoms with Crippen molar-refractivity contribution in [3.8, 4) is 0 Å². The van der Waals surface area contributed by atoms with Crippen LogP contribution in [0.4, 0.5) is 0 Å². The van der Waals surface area contributed by atoms with Crippen LogP contribution in [-0.4, -0.2) is 34.2 Å². The van der Waals surface area contributed by atoms with Crippen molar-refractivity contribution in [3.05, 3.63) is 11.7 Å². The van der Waals surface area contributed by atoms with E-state index in [1.54, 1.807) is 0 Å². The maximum Gasteiger partial charge on any atom is 0.231 e. The van der Waals surface area contributed by atoms with Gasteiger partial charge in [0, 0.05) is 12.6 Å². The molecular weight excluding hydrogens is 192 g/mol. The van der Waals surface area contributed by atoms with Crippen LogP contribution in [0, 0.1) is 0 Å². The largest absolute Gasteiger partial charge is 0.339 e. The standard InChI is InChI=1S/C10H18N4O/c1-7(2)14-4-3-8(6-14)10-12-9(5-11)13-15-10/h7-8H,3-6,11H2,1-2H3. The molecule has 0 aromatic carbocycles. The molecule has 0 amide bonds. The fourth-order valence-electron chi connectivity index (χ4n) is 1.97. The fourth-order valence-corrected chi connectivity index (χ4v) is 1.97. The Bertz CT molecular complexity index is 323. The Morgan fingerprint density at radius 3 is 2.93 bits per heavy atom. The van der Waals surface area contributed by atoms with Gasteiger partial charge < -0.3 is 15.2 Å². The molecule has 1 aliphatic heterocycles. The van der Waals surface area contributed by atoms with Crippen molar-refractivity contribution < 1.29 is 4.52 Å². The molecule has 1 unspecified atom stereocenters. The Labute approximate surface area is 89.6 Å². The van der Waals surface area contributed by atoms with Gasteiger partial charge in [-0.1, -0.05) is 5.16 Å². The molecule has 5 nitrogen and oxygen atoms in total. The summed E-state index contributed by atoms with van der Waals surface area (Å²) in [6.07, 6.45) is 1.10. The lowest BCUT2D eigenvalue weighted by Crippen LogP contribution is -2.27. The maximum absolute atomic E-state index is 5.44. The third-order valence-electron chi connectivity index (χ3n) is 2.97. The molecule has 1 saturated heterocycles.